The van der Waals surface area contributed by atoms with Gasteiger partial charge < -0.3 is 10.5 Å². The van der Waals surface area contributed by atoms with Crippen molar-refractivity contribution in [2.24, 2.45) is 11.7 Å². The van der Waals surface area contributed by atoms with Crippen LogP contribution < -0.4 is 5.73 Å². The Kier molecular flexibility index (Phi) is 5.63. The minimum Gasteiger partial charge on any atom is -0.376 e. The zero-order valence-corrected chi connectivity index (χ0v) is 12.6. The van der Waals surface area contributed by atoms with Gasteiger partial charge in [0.15, 0.2) is 0 Å². The fraction of sp³-hybridized carbons (Fsp3) is 0.769. The molecule has 1 aromatic heterocycles. The van der Waals surface area contributed by atoms with Crippen molar-refractivity contribution in [2.45, 2.75) is 52.8 Å². The lowest BCUT2D eigenvalue weighted by Crippen LogP contribution is -2.35. The number of halogens is 1. The summed E-state index contributed by atoms with van der Waals surface area (Å²) in [5.41, 5.74) is 7.20. The molecule has 5 heteroatoms. The largest absolute Gasteiger partial charge is 0.376 e. The Labute approximate surface area is 114 Å². The second-order valence-corrected chi connectivity index (χ2v) is 5.51. The van der Waals surface area contributed by atoms with Crippen molar-refractivity contribution in [3.8, 4) is 0 Å². The van der Waals surface area contributed by atoms with Crippen LogP contribution >= 0.6 is 11.6 Å². The Balaban J connectivity index is 3.07. The van der Waals surface area contributed by atoms with Crippen molar-refractivity contribution >= 4 is 11.6 Å². The summed E-state index contributed by atoms with van der Waals surface area (Å²) in [5.74, 6) is 0.325. The van der Waals surface area contributed by atoms with Gasteiger partial charge in [-0.25, -0.2) is 0 Å². The van der Waals surface area contributed by atoms with Gasteiger partial charge in [0, 0.05) is 12.6 Å². The maximum Gasteiger partial charge on any atom is 0.0835 e. The van der Waals surface area contributed by atoms with E-state index in [0.29, 0.717) is 17.5 Å². The van der Waals surface area contributed by atoms with Crippen LogP contribution in [-0.2, 0) is 4.74 Å². The van der Waals surface area contributed by atoms with E-state index in [9.17, 15) is 0 Å². The van der Waals surface area contributed by atoms with E-state index in [0.717, 1.165) is 5.69 Å². The fourth-order valence-corrected chi connectivity index (χ4v) is 2.39. The van der Waals surface area contributed by atoms with Crippen LogP contribution in [0.3, 0.4) is 0 Å². The molecule has 0 amide bonds. The van der Waals surface area contributed by atoms with Gasteiger partial charge in [0.2, 0.25) is 0 Å². The molecule has 0 radical (unpaired) electrons. The minimum absolute atomic E-state index is 0.0540. The average Bonchev–Trinajstić information content (AvgIpc) is 2.66. The Morgan fingerprint density at radius 1 is 1.39 bits per heavy atom. The first-order valence-corrected chi connectivity index (χ1v) is 6.88. The van der Waals surface area contributed by atoms with Crippen molar-refractivity contribution in [2.75, 3.05) is 6.61 Å². The maximum atomic E-state index is 6.34. The zero-order valence-electron chi connectivity index (χ0n) is 11.9. The maximum absolute atomic E-state index is 6.34. The van der Waals surface area contributed by atoms with E-state index in [1.807, 2.05) is 11.6 Å². The molecular weight excluding hydrogens is 250 g/mol. The highest BCUT2D eigenvalue weighted by atomic mass is 35.5. The second-order valence-electron chi connectivity index (χ2n) is 5.11. The van der Waals surface area contributed by atoms with E-state index in [-0.39, 0.29) is 18.2 Å². The molecule has 104 valence electrons. The van der Waals surface area contributed by atoms with Crippen LogP contribution in [0.25, 0.3) is 0 Å². The Bertz CT molecular complexity index is 376. The van der Waals surface area contributed by atoms with Gasteiger partial charge >= 0.3 is 0 Å². The highest BCUT2D eigenvalue weighted by molar-refractivity contribution is 6.31. The standard InChI is InChI=1S/C13H24ClN3O/c1-6-18-13(8(2)3)11(15)12-10(14)7-16-17(12)9(4)5/h7-9,11,13H,6,15H2,1-5H3. The predicted molar refractivity (Wildman–Crippen MR) is 74.8 cm³/mol. The number of aromatic nitrogens is 2. The lowest BCUT2D eigenvalue weighted by atomic mass is 9.97. The molecule has 0 fully saturated rings. The van der Waals surface area contributed by atoms with E-state index in [4.69, 9.17) is 22.1 Å². The van der Waals surface area contributed by atoms with Gasteiger partial charge in [-0.3, -0.25) is 4.68 Å². The third-order valence-electron chi connectivity index (χ3n) is 2.96. The Morgan fingerprint density at radius 2 is 2.00 bits per heavy atom. The van der Waals surface area contributed by atoms with E-state index < -0.39 is 0 Å². The lowest BCUT2D eigenvalue weighted by Gasteiger charge is -2.28. The zero-order chi connectivity index (χ0) is 13.9. The van der Waals surface area contributed by atoms with E-state index in [1.54, 1.807) is 6.20 Å². The topological polar surface area (TPSA) is 53.1 Å². The highest BCUT2D eigenvalue weighted by Crippen LogP contribution is 2.29. The summed E-state index contributed by atoms with van der Waals surface area (Å²) in [6.45, 7) is 10.9. The van der Waals surface area contributed by atoms with Crippen molar-refractivity contribution in [1.29, 1.82) is 0 Å². The molecule has 0 aliphatic heterocycles. The molecule has 4 nitrogen and oxygen atoms in total. The second kappa shape index (κ2) is 6.55. The van der Waals surface area contributed by atoms with Crippen LogP contribution in [0.4, 0.5) is 0 Å². The van der Waals surface area contributed by atoms with Gasteiger partial charge in [0.25, 0.3) is 0 Å². The van der Waals surface area contributed by atoms with Gasteiger partial charge in [0.05, 0.1) is 29.1 Å². The van der Waals surface area contributed by atoms with Gasteiger partial charge in [-0.05, 0) is 26.7 Å². The van der Waals surface area contributed by atoms with Gasteiger partial charge in [-0.1, -0.05) is 25.4 Å². The molecule has 18 heavy (non-hydrogen) atoms. The molecule has 0 bridgehead atoms. The number of ether oxygens (including phenoxy) is 1. The summed E-state index contributed by atoms with van der Waals surface area (Å²) in [4.78, 5) is 0. The number of hydrogen-bond donors (Lipinski definition) is 1. The van der Waals surface area contributed by atoms with Gasteiger partial charge in [-0.15, -0.1) is 0 Å². The Hall–Kier alpha value is -0.580. The number of rotatable bonds is 6. The molecule has 2 atom stereocenters. The SMILES string of the molecule is CCOC(C(C)C)C(N)c1c(Cl)cnn1C(C)C. The van der Waals surface area contributed by atoms with Crippen molar-refractivity contribution in [1.82, 2.24) is 9.78 Å². The summed E-state index contributed by atoms with van der Waals surface area (Å²) in [6, 6.07) is -0.0321. The summed E-state index contributed by atoms with van der Waals surface area (Å²) in [6.07, 6.45) is 1.60. The molecule has 0 saturated heterocycles. The van der Waals surface area contributed by atoms with Gasteiger partial charge in [-0.2, -0.15) is 5.10 Å². The molecule has 1 heterocycles. The molecule has 1 rings (SSSR count). The van der Waals surface area contributed by atoms with Crippen LogP contribution in [0.1, 0.15) is 52.4 Å². The Morgan fingerprint density at radius 3 is 2.44 bits per heavy atom. The number of hydrogen-bond acceptors (Lipinski definition) is 3. The number of nitrogens with two attached hydrogens (primary N) is 1. The molecule has 1 aromatic rings. The van der Waals surface area contributed by atoms with Crippen LogP contribution in [0.2, 0.25) is 5.02 Å². The molecule has 0 aliphatic carbocycles. The quantitative estimate of drug-likeness (QED) is 0.866. The lowest BCUT2D eigenvalue weighted by molar-refractivity contribution is 0.0101. The van der Waals surface area contributed by atoms with E-state index in [1.165, 1.54) is 0 Å². The number of nitrogens with zero attached hydrogens (tertiary/aromatic N) is 2. The summed E-state index contributed by atoms with van der Waals surface area (Å²) in [5, 5.41) is 4.90. The first kappa shape index (κ1) is 15.5. The summed E-state index contributed by atoms with van der Waals surface area (Å²) < 4.78 is 7.63. The van der Waals surface area contributed by atoms with Crippen molar-refractivity contribution in [3.05, 3.63) is 16.9 Å². The van der Waals surface area contributed by atoms with Crippen molar-refractivity contribution < 1.29 is 4.74 Å². The van der Waals surface area contributed by atoms with E-state index >= 15 is 0 Å². The normalized spacial score (nSPS) is 15.4. The summed E-state index contributed by atoms with van der Waals surface area (Å²) in [7, 11) is 0. The van der Waals surface area contributed by atoms with Crippen LogP contribution in [0.5, 0.6) is 0 Å². The molecule has 0 spiro atoms. The van der Waals surface area contributed by atoms with Gasteiger partial charge in [0.1, 0.15) is 0 Å². The third-order valence-corrected chi connectivity index (χ3v) is 3.25. The predicted octanol–water partition coefficient (Wildman–Crippen LogP) is 3.18. The molecule has 2 unspecified atom stereocenters. The molecular formula is C13H24ClN3O. The molecule has 0 saturated carbocycles. The molecule has 0 aliphatic rings. The monoisotopic (exact) mass is 273 g/mol. The van der Waals surface area contributed by atoms with Crippen LogP contribution in [-0.4, -0.2) is 22.5 Å². The van der Waals surface area contributed by atoms with E-state index in [2.05, 4.69) is 32.8 Å². The van der Waals surface area contributed by atoms with Crippen molar-refractivity contribution in [3.63, 3.8) is 0 Å². The minimum atomic E-state index is -0.262. The smallest absolute Gasteiger partial charge is 0.0835 e. The molecule has 2 N–H and O–H groups in total. The molecule has 0 aromatic carbocycles. The first-order chi connectivity index (χ1) is 8.40. The summed E-state index contributed by atoms with van der Waals surface area (Å²) >= 11 is 6.21. The highest BCUT2D eigenvalue weighted by Gasteiger charge is 2.28. The van der Waals surface area contributed by atoms with Crippen LogP contribution in [0, 0.1) is 5.92 Å². The van der Waals surface area contributed by atoms with Crippen LogP contribution in [0.15, 0.2) is 6.20 Å². The third kappa shape index (κ3) is 3.25. The fourth-order valence-electron chi connectivity index (χ4n) is 2.13. The first-order valence-electron chi connectivity index (χ1n) is 6.50. The average molecular weight is 274 g/mol.